The predicted octanol–water partition coefficient (Wildman–Crippen LogP) is 0.957. The molecule has 0 bridgehead atoms. The lowest BCUT2D eigenvalue weighted by molar-refractivity contribution is -0.121. The van der Waals surface area contributed by atoms with Crippen molar-refractivity contribution in [3.05, 3.63) is 45.9 Å². The lowest BCUT2D eigenvalue weighted by Crippen LogP contribution is -2.33. The largest absolute Gasteiger partial charge is 0.349 e. The molecule has 0 aliphatic carbocycles. The quantitative estimate of drug-likeness (QED) is 0.858. The van der Waals surface area contributed by atoms with Gasteiger partial charge in [0.25, 0.3) is 5.56 Å². The summed E-state index contributed by atoms with van der Waals surface area (Å²) >= 11 is 0. The minimum Gasteiger partial charge on any atom is -0.349 e. The highest BCUT2D eigenvalue weighted by Crippen LogP contribution is 2.16. The van der Waals surface area contributed by atoms with Crippen molar-refractivity contribution in [2.75, 3.05) is 18.0 Å². The van der Waals surface area contributed by atoms with Crippen LogP contribution >= 0.6 is 0 Å². The van der Waals surface area contributed by atoms with Gasteiger partial charge < -0.3 is 10.2 Å². The molecule has 1 amide bonds. The minimum absolute atomic E-state index is 0.0604. The molecule has 1 N–H and O–H groups in total. The topological polar surface area (TPSA) is 93.0 Å². The van der Waals surface area contributed by atoms with Crippen LogP contribution in [0.4, 0.5) is 5.95 Å². The van der Waals surface area contributed by atoms with E-state index in [0.717, 1.165) is 43.3 Å². The molecule has 0 atom stereocenters. The number of piperidine rings is 1. The van der Waals surface area contributed by atoms with Crippen molar-refractivity contribution in [1.29, 1.82) is 0 Å². The fourth-order valence-electron chi connectivity index (χ4n) is 2.98. The van der Waals surface area contributed by atoms with Gasteiger partial charge in [0.05, 0.1) is 18.6 Å². The van der Waals surface area contributed by atoms with Gasteiger partial charge in [0, 0.05) is 30.5 Å². The first-order valence-electron chi connectivity index (χ1n) is 8.90. The van der Waals surface area contributed by atoms with Crippen molar-refractivity contribution in [2.24, 2.45) is 0 Å². The zero-order chi connectivity index (χ0) is 18.5. The van der Waals surface area contributed by atoms with Crippen molar-refractivity contribution in [2.45, 2.75) is 46.2 Å². The number of hydrogen-bond donors (Lipinski definition) is 1. The number of carbonyl (C=O) groups excluding carboxylic acids is 1. The van der Waals surface area contributed by atoms with Crippen LogP contribution in [-0.4, -0.2) is 38.5 Å². The van der Waals surface area contributed by atoms with Gasteiger partial charge in [-0.2, -0.15) is 0 Å². The number of anilines is 1. The summed E-state index contributed by atoms with van der Waals surface area (Å²) < 4.78 is 1.28. The van der Waals surface area contributed by atoms with Crippen LogP contribution in [0.15, 0.2) is 23.3 Å². The van der Waals surface area contributed by atoms with Crippen molar-refractivity contribution in [3.63, 3.8) is 0 Å². The molecule has 138 valence electrons. The highest BCUT2D eigenvalue weighted by Gasteiger charge is 2.15. The van der Waals surface area contributed by atoms with Crippen LogP contribution in [-0.2, 0) is 17.9 Å². The molecule has 3 rings (SSSR count). The first-order chi connectivity index (χ1) is 12.5. The summed E-state index contributed by atoms with van der Waals surface area (Å²) in [5, 5.41) is 2.81. The number of amides is 1. The number of hydrogen-bond acceptors (Lipinski definition) is 6. The molecule has 0 unspecified atom stereocenters. The second-order valence-electron chi connectivity index (χ2n) is 6.62. The van der Waals surface area contributed by atoms with Gasteiger partial charge in [-0.3, -0.25) is 14.2 Å². The summed E-state index contributed by atoms with van der Waals surface area (Å²) in [6.45, 7) is 5.85. The Kier molecular flexibility index (Phi) is 5.60. The van der Waals surface area contributed by atoms with Crippen LogP contribution in [0.25, 0.3) is 0 Å². The third-order valence-electron chi connectivity index (χ3n) is 4.33. The maximum atomic E-state index is 12.1. The summed E-state index contributed by atoms with van der Waals surface area (Å²) in [4.78, 5) is 39.3. The Morgan fingerprint density at radius 3 is 2.62 bits per heavy atom. The third kappa shape index (κ3) is 4.65. The van der Waals surface area contributed by atoms with Gasteiger partial charge in [0.15, 0.2) is 0 Å². The van der Waals surface area contributed by atoms with Crippen LogP contribution < -0.4 is 15.8 Å². The maximum Gasteiger partial charge on any atom is 0.253 e. The number of nitrogens with zero attached hydrogens (tertiary/aromatic N) is 5. The normalized spacial score (nSPS) is 14.3. The van der Waals surface area contributed by atoms with E-state index in [2.05, 4.69) is 25.2 Å². The fraction of sp³-hybridized carbons (Fsp3) is 0.500. The number of nitrogens with one attached hydrogen (secondary N) is 1. The molecule has 0 radical (unpaired) electrons. The molecule has 1 aliphatic rings. The molecule has 26 heavy (non-hydrogen) atoms. The SMILES string of the molecule is Cc1cc(=O)n(CC(=O)NCc2cc(C)nc(N3CCCCC3)n2)cn1. The molecule has 2 aromatic rings. The average Bonchev–Trinajstić information content (AvgIpc) is 2.63. The highest BCUT2D eigenvalue weighted by atomic mass is 16.2. The molecule has 8 heteroatoms. The van der Waals surface area contributed by atoms with E-state index in [-0.39, 0.29) is 18.0 Å². The second kappa shape index (κ2) is 8.07. The highest BCUT2D eigenvalue weighted by molar-refractivity contribution is 5.75. The Labute approximate surface area is 152 Å². The van der Waals surface area contributed by atoms with Crippen LogP contribution in [0.5, 0.6) is 0 Å². The third-order valence-corrected chi connectivity index (χ3v) is 4.33. The minimum atomic E-state index is -0.256. The van der Waals surface area contributed by atoms with Crippen LogP contribution in [0.1, 0.15) is 36.3 Å². The molecule has 0 saturated carbocycles. The molecule has 1 fully saturated rings. The van der Waals surface area contributed by atoms with E-state index in [0.29, 0.717) is 12.2 Å². The number of rotatable bonds is 5. The lowest BCUT2D eigenvalue weighted by Gasteiger charge is -2.27. The zero-order valence-electron chi connectivity index (χ0n) is 15.2. The summed E-state index contributed by atoms with van der Waals surface area (Å²) in [5.41, 5.74) is 2.04. The summed E-state index contributed by atoms with van der Waals surface area (Å²) in [6, 6.07) is 3.28. The average molecular weight is 356 g/mol. The van der Waals surface area contributed by atoms with Gasteiger partial charge in [0.2, 0.25) is 11.9 Å². The number of carbonyl (C=O) groups is 1. The van der Waals surface area contributed by atoms with E-state index in [1.165, 1.54) is 23.4 Å². The summed E-state index contributed by atoms with van der Waals surface area (Å²) in [5.74, 6) is 0.474. The maximum absolute atomic E-state index is 12.1. The first kappa shape index (κ1) is 18.0. The smallest absolute Gasteiger partial charge is 0.253 e. The molecule has 2 aromatic heterocycles. The van der Waals surface area contributed by atoms with Crippen LogP contribution in [0.2, 0.25) is 0 Å². The molecular formula is C18H24N6O2. The van der Waals surface area contributed by atoms with Crippen molar-refractivity contribution in [3.8, 4) is 0 Å². The van der Waals surface area contributed by atoms with E-state index in [9.17, 15) is 9.59 Å². The second-order valence-corrected chi connectivity index (χ2v) is 6.62. The van der Waals surface area contributed by atoms with Gasteiger partial charge in [-0.15, -0.1) is 0 Å². The van der Waals surface area contributed by atoms with E-state index in [1.54, 1.807) is 6.92 Å². The zero-order valence-corrected chi connectivity index (χ0v) is 15.2. The molecule has 0 spiro atoms. The van der Waals surface area contributed by atoms with Crippen molar-refractivity contribution >= 4 is 11.9 Å². The Morgan fingerprint density at radius 2 is 1.88 bits per heavy atom. The molecular weight excluding hydrogens is 332 g/mol. The van der Waals surface area contributed by atoms with Crippen molar-refractivity contribution in [1.82, 2.24) is 24.8 Å². The van der Waals surface area contributed by atoms with Crippen LogP contribution in [0.3, 0.4) is 0 Å². The Hall–Kier alpha value is -2.77. The molecule has 1 aliphatic heterocycles. The molecule has 3 heterocycles. The van der Waals surface area contributed by atoms with E-state index >= 15 is 0 Å². The monoisotopic (exact) mass is 356 g/mol. The summed E-state index contributed by atoms with van der Waals surface area (Å²) in [7, 11) is 0. The lowest BCUT2D eigenvalue weighted by atomic mass is 10.1. The van der Waals surface area contributed by atoms with Crippen LogP contribution in [0, 0.1) is 13.8 Å². The standard InChI is InChI=1S/C18H24N6O2/c1-13-9-17(26)24(12-20-13)11-16(25)19-10-15-8-14(2)21-18(22-15)23-6-4-3-5-7-23/h8-9,12H,3-7,10-11H2,1-2H3,(H,19,25). The first-order valence-corrected chi connectivity index (χ1v) is 8.90. The van der Waals surface area contributed by atoms with E-state index in [4.69, 9.17) is 0 Å². The van der Waals surface area contributed by atoms with E-state index in [1.807, 2.05) is 13.0 Å². The Morgan fingerprint density at radius 1 is 1.12 bits per heavy atom. The Bertz CT molecular complexity index is 842. The van der Waals surface area contributed by atoms with Crippen molar-refractivity contribution < 1.29 is 4.79 Å². The Balaban J connectivity index is 1.62. The van der Waals surface area contributed by atoms with Gasteiger partial charge in [-0.25, -0.2) is 15.0 Å². The molecule has 0 aromatic carbocycles. The number of aromatic nitrogens is 4. The van der Waals surface area contributed by atoms with Gasteiger partial charge in [0.1, 0.15) is 6.54 Å². The molecule has 8 nitrogen and oxygen atoms in total. The predicted molar refractivity (Wildman–Crippen MR) is 97.9 cm³/mol. The van der Waals surface area contributed by atoms with Gasteiger partial charge in [-0.1, -0.05) is 0 Å². The number of aryl methyl sites for hydroxylation is 2. The van der Waals surface area contributed by atoms with Gasteiger partial charge >= 0.3 is 0 Å². The summed E-state index contributed by atoms with van der Waals surface area (Å²) in [6.07, 6.45) is 4.95. The van der Waals surface area contributed by atoms with Gasteiger partial charge in [-0.05, 0) is 39.2 Å². The van der Waals surface area contributed by atoms with E-state index < -0.39 is 0 Å². The fourth-order valence-corrected chi connectivity index (χ4v) is 2.98. The molecule has 1 saturated heterocycles.